The Hall–Kier alpha value is -2.86. The average molecular weight is 332 g/mol. The summed E-state index contributed by atoms with van der Waals surface area (Å²) in [7, 11) is 1.47. The quantitative estimate of drug-likeness (QED) is 0.513. The Kier molecular flexibility index (Phi) is 5.71. The molecule has 0 saturated heterocycles. The fourth-order valence-electron chi connectivity index (χ4n) is 1.69. The second-order valence-corrected chi connectivity index (χ2v) is 4.84. The standard InChI is InChI=1S/C16H14ClN3O3/c1-23-14-5-3-2-4-13(14)19-15(21)16(22)20-18-10-11-6-8-12(17)9-7-11/h2-10H,1H3,(H,19,21)(H,20,22)/b18-10-. The Morgan fingerprint density at radius 2 is 1.78 bits per heavy atom. The van der Waals surface area contributed by atoms with E-state index in [1.54, 1.807) is 48.5 Å². The minimum atomic E-state index is -0.888. The van der Waals surface area contributed by atoms with Gasteiger partial charge < -0.3 is 10.1 Å². The minimum absolute atomic E-state index is 0.400. The number of methoxy groups -OCH3 is 1. The molecule has 0 bridgehead atoms. The number of hydrazone groups is 1. The van der Waals surface area contributed by atoms with Crippen LogP contribution in [-0.2, 0) is 9.59 Å². The summed E-state index contributed by atoms with van der Waals surface area (Å²) in [5, 5.41) is 6.77. The van der Waals surface area contributed by atoms with E-state index in [1.807, 2.05) is 0 Å². The van der Waals surface area contributed by atoms with Crippen LogP contribution in [0.4, 0.5) is 5.69 Å². The monoisotopic (exact) mass is 331 g/mol. The number of carbonyl (C=O) groups is 2. The predicted octanol–water partition coefficient (Wildman–Crippen LogP) is 2.44. The van der Waals surface area contributed by atoms with Crippen LogP contribution >= 0.6 is 11.6 Å². The van der Waals surface area contributed by atoms with E-state index in [0.29, 0.717) is 16.5 Å². The van der Waals surface area contributed by atoms with Crippen molar-refractivity contribution in [2.75, 3.05) is 12.4 Å². The van der Waals surface area contributed by atoms with E-state index >= 15 is 0 Å². The van der Waals surface area contributed by atoms with Crippen LogP contribution in [0.1, 0.15) is 5.56 Å². The number of carbonyl (C=O) groups excluding carboxylic acids is 2. The van der Waals surface area contributed by atoms with Crippen LogP contribution in [0.15, 0.2) is 53.6 Å². The summed E-state index contributed by atoms with van der Waals surface area (Å²) in [6.07, 6.45) is 1.41. The molecule has 23 heavy (non-hydrogen) atoms. The predicted molar refractivity (Wildman–Crippen MR) is 88.8 cm³/mol. The van der Waals surface area contributed by atoms with Crippen molar-refractivity contribution in [3.05, 3.63) is 59.1 Å². The second-order valence-electron chi connectivity index (χ2n) is 4.41. The lowest BCUT2D eigenvalue weighted by molar-refractivity contribution is -0.136. The summed E-state index contributed by atoms with van der Waals surface area (Å²) in [6, 6.07) is 13.6. The molecule has 0 fully saturated rings. The first-order valence-electron chi connectivity index (χ1n) is 6.63. The molecule has 0 heterocycles. The normalized spacial score (nSPS) is 10.3. The summed E-state index contributed by atoms with van der Waals surface area (Å²) in [4.78, 5) is 23.5. The Bertz CT molecular complexity index is 730. The van der Waals surface area contributed by atoms with Gasteiger partial charge in [0.2, 0.25) is 0 Å². The molecule has 7 heteroatoms. The maximum atomic E-state index is 11.8. The fraction of sp³-hybridized carbons (Fsp3) is 0.0625. The van der Waals surface area contributed by atoms with Crippen LogP contribution in [0.5, 0.6) is 5.75 Å². The highest BCUT2D eigenvalue weighted by Gasteiger charge is 2.14. The van der Waals surface area contributed by atoms with Crippen molar-refractivity contribution < 1.29 is 14.3 Å². The number of rotatable bonds is 4. The summed E-state index contributed by atoms with van der Waals surface area (Å²) in [5.41, 5.74) is 3.28. The molecule has 0 aliphatic rings. The number of ether oxygens (including phenoxy) is 1. The lowest BCUT2D eigenvalue weighted by Crippen LogP contribution is -2.32. The Morgan fingerprint density at radius 3 is 2.48 bits per heavy atom. The highest BCUT2D eigenvalue weighted by molar-refractivity contribution is 6.39. The van der Waals surface area contributed by atoms with Crippen LogP contribution in [0.25, 0.3) is 0 Å². The van der Waals surface area contributed by atoms with Crippen molar-refractivity contribution in [3.8, 4) is 5.75 Å². The molecule has 6 nitrogen and oxygen atoms in total. The van der Waals surface area contributed by atoms with Gasteiger partial charge in [-0.1, -0.05) is 35.9 Å². The number of nitrogens with one attached hydrogen (secondary N) is 2. The number of nitrogens with zero attached hydrogens (tertiary/aromatic N) is 1. The van der Waals surface area contributed by atoms with Crippen LogP contribution in [0, 0.1) is 0 Å². The van der Waals surface area contributed by atoms with E-state index < -0.39 is 11.8 Å². The first kappa shape index (κ1) is 16.5. The summed E-state index contributed by atoms with van der Waals surface area (Å²) in [6.45, 7) is 0. The topological polar surface area (TPSA) is 79.8 Å². The van der Waals surface area contributed by atoms with Crippen molar-refractivity contribution in [1.29, 1.82) is 0 Å². The van der Waals surface area contributed by atoms with Crippen LogP contribution < -0.4 is 15.5 Å². The number of halogens is 1. The zero-order chi connectivity index (χ0) is 16.7. The third kappa shape index (κ3) is 4.82. The van der Waals surface area contributed by atoms with E-state index in [9.17, 15) is 9.59 Å². The highest BCUT2D eigenvalue weighted by Crippen LogP contribution is 2.22. The van der Waals surface area contributed by atoms with E-state index in [0.717, 1.165) is 5.56 Å². The number of amides is 2. The number of hydrogen-bond acceptors (Lipinski definition) is 4. The van der Waals surface area contributed by atoms with Crippen molar-refractivity contribution >= 4 is 35.3 Å². The van der Waals surface area contributed by atoms with E-state index in [-0.39, 0.29) is 0 Å². The van der Waals surface area contributed by atoms with Crippen molar-refractivity contribution in [2.24, 2.45) is 5.10 Å². The maximum Gasteiger partial charge on any atom is 0.329 e. The molecule has 0 spiro atoms. The molecule has 0 aromatic heterocycles. The van der Waals surface area contributed by atoms with Gasteiger partial charge in [0.25, 0.3) is 0 Å². The van der Waals surface area contributed by atoms with Gasteiger partial charge >= 0.3 is 11.8 Å². The van der Waals surface area contributed by atoms with Gasteiger partial charge in [-0.05, 0) is 29.8 Å². The Morgan fingerprint density at radius 1 is 1.09 bits per heavy atom. The SMILES string of the molecule is COc1ccccc1NC(=O)C(=O)N/N=C\c1ccc(Cl)cc1. The highest BCUT2D eigenvalue weighted by atomic mass is 35.5. The molecular weight excluding hydrogens is 318 g/mol. The molecule has 2 N–H and O–H groups in total. The largest absolute Gasteiger partial charge is 0.495 e. The first-order chi connectivity index (χ1) is 11.1. The van der Waals surface area contributed by atoms with Crippen molar-refractivity contribution in [3.63, 3.8) is 0 Å². The van der Waals surface area contributed by atoms with Gasteiger partial charge in [0.05, 0.1) is 19.0 Å². The van der Waals surface area contributed by atoms with Gasteiger partial charge in [-0.2, -0.15) is 5.10 Å². The average Bonchev–Trinajstić information content (AvgIpc) is 2.57. The summed E-state index contributed by atoms with van der Waals surface area (Å²) < 4.78 is 5.09. The first-order valence-corrected chi connectivity index (χ1v) is 7.01. The fourth-order valence-corrected chi connectivity index (χ4v) is 1.82. The van der Waals surface area contributed by atoms with Gasteiger partial charge in [-0.3, -0.25) is 9.59 Å². The minimum Gasteiger partial charge on any atom is -0.495 e. The van der Waals surface area contributed by atoms with Gasteiger partial charge in [-0.25, -0.2) is 5.43 Å². The van der Waals surface area contributed by atoms with Crippen LogP contribution in [0.2, 0.25) is 5.02 Å². The van der Waals surface area contributed by atoms with E-state index in [4.69, 9.17) is 16.3 Å². The number of benzene rings is 2. The lowest BCUT2D eigenvalue weighted by atomic mass is 10.2. The molecule has 0 atom stereocenters. The zero-order valence-corrected chi connectivity index (χ0v) is 13.0. The number of anilines is 1. The Balaban J connectivity index is 1.92. The van der Waals surface area contributed by atoms with Crippen molar-refractivity contribution in [2.45, 2.75) is 0 Å². The molecule has 0 radical (unpaired) electrons. The molecule has 0 aliphatic heterocycles. The van der Waals surface area contributed by atoms with Crippen LogP contribution in [-0.4, -0.2) is 25.1 Å². The lowest BCUT2D eigenvalue weighted by Gasteiger charge is -2.08. The second kappa shape index (κ2) is 7.95. The van der Waals surface area contributed by atoms with E-state index in [1.165, 1.54) is 13.3 Å². The molecule has 0 saturated carbocycles. The molecule has 2 rings (SSSR count). The summed E-state index contributed by atoms with van der Waals surface area (Å²) in [5.74, 6) is -1.28. The molecule has 2 aromatic rings. The van der Waals surface area contributed by atoms with E-state index in [2.05, 4.69) is 15.8 Å². The molecule has 2 aromatic carbocycles. The zero-order valence-electron chi connectivity index (χ0n) is 12.2. The molecular formula is C16H14ClN3O3. The summed E-state index contributed by atoms with van der Waals surface area (Å²) >= 11 is 5.76. The number of para-hydroxylation sites is 2. The maximum absolute atomic E-state index is 11.8. The number of hydrogen-bond donors (Lipinski definition) is 2. The third-order valence-corrected chi connectivity index (χ3v) is 3.06. The molecule has 2 amide bonds. The van der Waals surface area contributed by atoms with Gasteiger partial charge in [0, 0.05) is 5.02 Å². The van der Waals surface area contributed by atoms with Gasteiger partial charge in [0.1, 0.15) is 5.75 Å². The Labute approximate surface area is 138 Å². The molecule has 118 valence electrons. The smallest absolute Gasteiger partial charge is 0.329 e. The molecule has 0 aliphatic carbocycles. The van der Waals surface area contributed by atoms with Crippen molar-refractivity contribution in [1.82, 2.24) is 5.43 Å². The van der Waals surface area contributed by atoms with Gasteiger partial charge in [0.15, 0.2) is 0 Å². The van der Waals surface area contributed by atoms with Crippen LogP contribution in [0.3, 0.4) is 0 Å². The molecule has 0 unspecified atom stereocenters. The van der Waals surface area contributed by atoms with Gasteiger partial charge in [-0.15, -0.1) is 0 Å². The third-order valence-electron chi connectivity index (χ3n) is 2.81.